The SMILES string of the molecule is COc1ccc(C)cc1NC(=O)C(Sc1nnc(NCc2ccc(F)cc2)s1)c1ccccc1. The number of benzene rings is 3. The molecule has 1 unspecified atom stereocenters. The molecule has 0 aliphatic rings. The number of methoxy groups -OCH3 is 1. The molecule has 1 aromatic heterocycles. The van der Waals surface area contributed by atoms with Gasteiger partial charge in [-0.25, -0.2) is 4.39 Å². The molecule has 1 heterocycles. The minimum atomic E-state index is -0.538. The van der Waals surface area contributed by atoms with Crippen molar-refractivity contribution in [3.8, 4) is 5.75 Å². The number of halogens is 1. The molecule has 0 aliphatic heterocycles. The lowest BCUT2D eigenvalue weighted by atomic mass is 10.1. The van der Waals surface area contributed by atoms with Gasteiger partial charge in [0.2, 0.25) is 11.0 Å². The Labute approximate surface area is 205 Å². The number of nitrogens with one attached hydrogen (secondary N) is 2. The number of carbonyl (C=O) groups is 1. The Morgan fingerprint density at radius 3 is 2.59 bits per heavy atom. The minimum Gasteiger partial charge on any atom is -0.495 e. The second-order valence-electron chi connectivity index (χ2n) is 7.45. The molecule has 4 aromatic rings. The lowest BCUT2D eigenvalue weighted by Crippen LogP contribution is -2.19. The van der Waals surface area contributed by atoms with Crippen molar-refractivity contribution in [3.63, 3.8) is 0 Å². The van der Waals surface area contributed by atoms with Crippen LogP contribution in [0, 0.1) is 12.7 Å². The molecule has 4 rings (SSSR count). The zero-order valence-corrected chi connectivity index (χ0v) is 20.3. The van der Waals surface area contributed by atoms with Crippen LogP contribution in [0.2, 0.25) is 0 Å². The van der Waals surface area contributed by atoms with E-state index in [1.807, 2.05) is 55.5 Å². The van der Waals surface area contributed by atoms with Gasteiger partial charge in [-0.05, 0) is 47.9 Å². The number of rotatable bonds is 9. The summed E-state index contributed by atoms with van der Waals surface area (Å²) in [5, 5.41) is 14.7. The van der Waals surface area contributed by atoms with Crippen LogP contribution < -0.4 is 15.4 Å². The van der Waals surface area contributed by atoms with Crippen molar-refractivity contribution in [2.45, 2.75) is 23.1 Å². The molecular weight excluding hydrogens is 471 g/mol. The standard InChI is InChI=1S/C25H23FN4O2S2/c1-16-8-13-21(32-2)20(14-16)28-23(31)22(18-6-4-3-5-7-18)33-25-30-29-24(34-25)27-15-17-9-11-19(26)12-10-17/h3-14,22H,15H2,1-2H3,(H,27,29)(H,28,31). The van der Waals surface area contributed by atoms with Gasteiger partial charge in [-0.1, -0.05) is 71.6 Å². The van der Waals surface area contributed by atoms with Crippen molar-refractivity contribution in [2.75, 3.05) is 17.7 Å². The highest BCUT2D eigenvalue weighted by molar-refractivity contribution is 8.02. The molecule has 0 aliphatic carbocycles. The number of amides is 1. The van der Waals surface area contributed by atoms with Crippen molar-refractivity contribution in [2.24, 2.45) is 0 Å². The van der Waals surface area contributed by atoms with Crippen molar-refractivity contribution in [3.05, 3.63) is 95.3 Å². The van der Waals surface area contributed by atoms with Crippen LogP contribution >= 0.6 is 23.1 Å². The maximum absolute atomic E-state index is 13.4. The molecule has 9 heteroatoms. The lowest BCUT2D eigenvalue weighted by molar-refractivity contribution is -0.115. The molecule has 174 valence electrons. The predicted molar refractivity (Wildman–Crippen MR) is 135 cm³/mol. The van der Waals surface area contributed by atoms with Crippen LogP contribution in [0.1, 0.15) is 21.9 Å². The van der Waals surface area contributed by atoms with E-state index in [0.29, 0.717) is 27.5 Å². The summed E-state index contributed by atoms with van der Waals surface area (Å²) >= 11 is 2.70. The number of carbonyl (C=O) groups excluding carboxylic acids is 1. The highest BCUT2D eigenvalue weighted by Crippen LogP contribution is 2.39. The molecule has 1 amide bonds. The topological polar surface area (TPSA) is 76.1 Å². The summed E-state index contributed by atoms with van der Waals surface area (Å²) in [6, 6.07) is 21.5. The van der Waals surface area contributed by atoms with E-state index in [0.717, 1.165) is 16.7 Å². The second-order valence-corrected chi connectivity index (χ2v) is 9.78. The Morgan fingerprint density at radius 2 is 1.85 bits per heavy atom. The van der Waals surface area contributed by atoms with E-state index in [2.05, 4.69) is 20.8 Å². The quantitative estimate of drug-likeness (QED) is 0.275. The fourth-order valence-electron chi connectivity index (χ4n) is 3.23. The third-order valence-corrected chi connectivity index (χ3v) is 7.15. The van der Waals surface area contributed by atoms with Crippen LogP contribution in [0.5, 0.6) is 5.75 Å². The highest BCUT2D eigenvalue weighted by atomic mass is 32.2. The zero-order valence-electron chi connectivity index (χ0n) is 18.6. The third kappa shape index (κ3) is 6.12. The molecule has 0 saturated carbocycles. The number of aromatic nitrogens is 2. The predicted octanol–water partition coefficient (Wildman–Crippen LogP) is 6.08. The summed E-state index contributed by atoms with van der Waals surface area (Å²) in [4.78, 5) is 13.4. The molecule has 0 fully saturated rings. The first-order valence-electron chi connectivity index (χ1n) is 10.5. The van der Waals surface area contributed by atoms with Gasteiger partial charge in [0.1, 0.15) is 16.8 Å². The summed E-state index contributed by atoms with van der Waals surface area (Å²) in [7, 11) is 1.57. The summed E-state index contributed by atoms with van der Waals surface area (Å²) in [6.45, 7) is 2.45. The van der Waals surface area contributed by atoms with Gasteiger partial charge in [-0.3, -0.25) is 4.79 Å². The summed E-state index contributed by atoms with van der Waals surface area (Å²) < 4.78 is 19.2. The van der Waals surface area contributed by atoms with E-state index in [-0.39, 0.29) is 11.7 Å². The Morgan fingerprint density at radius 1 is 1.09 bits per heavy atom. The molecule has 0 spiro atoms. The minimum absolute atomic E-state index is 0.184. The molecular formula is C25H23FN4O2S2. The summed E-state index contributed by atoms with van der Waals surface area (Å²) in [5.41, 5.74) is 3.42. The smallest absolute Gasteiger partial charge is 0.242 e. The van der Waals surface area contributed by atoms with E-state index in [1.54, 1.807) is 19.2 Å². The van der Waals surface area contributed by atoms with Crippen molar-refractivity contribution < 1.29 is 13.9 Å². The first-order chi connectivity index (χ1) is 16.5. The number of ether oxygens (including phenoxy) is 1. The first kappa shape index (κ1) is 23.7. The van der Waals surface area contributed by atoms with Crippen molar-refractivity contribution in [1.82, 2.24) is 10.2 Å². The Kier molecular flexibility index (Phi) is 7.76. The van der Waals surface area contributed by atoms with Crippen LogP contribution in [0.25, 0.3) is 0 Å². The van der Waals surface area contributed by atoms with Crippen LogP contribution in [-0.2, 0) is 11.3 Å². The molecule has 2 N–H and O–H groups in total. The molecule has 0 radical (unpaired) electrons. The Bertz CT molecular complexity index is 1250. The van der Waals surface area contributed by atoms with Crippen LogP contribution in [0.4, 0.5) is 15.2 Å². The fourth-order valence-corrected chi connectivity index (χ4v) is 5.17. The maximum atomic E-state index is 13.4. The third-order valence-electron chi connectivity index (χ3n) is 4.94. The number of hydrogen-bond donors (Lipinski definition) is 2. The summed E-state index contributed by atoms with van der Waals surface area (Å²) in [5.74, 6) is 0.141. The van der Waals surface area contributed by atoms with E-state index in [4.69, 9.17) is 4.74 Å². The lowest BCUT2D eigenvalue weighted by Gasteiger charge is -2.17. The normalized spacial score (nSPS) is 11.6. The van der Waals surface area contributed by atoms with Gasteiger partial charge in [0.25, 0.3) is 0 Å². The maximum Gasteiger partial charge on any atom is 0.242 e. The average molecular weight is 495 g/mol. The second kappa shape index (κ2) is 11.1. The average Bonchev–Trinajstić information content (AvgIpc) is 3.30. The number of anilines is 2. The fraction of sp³-hybridized carbons (Fsp3) is 0.160. The van der Waals surface area contributed by atoms with Gasteiger partial charge in [0.05, 0.1) is 12.8 Å². The van der Waals surface area contributed by atoms with Crippen molar-refractivity contribution >= 4 is 39.8 Å². The van der Waals surface area contributed by atoms with Gasteiger partial charge >= 0.3 is 0 Å². The van der Waals surface area contributed by atoms with E-state index in [1.165, 1.54) is 35.2 Å². The van der Waals surface area contributed by atoms with Gasteiger partial charge in [0, 0.05) is 6.54 Å². The highest BCUT2D eigenvalue weighted by Gasteiger charge is 2.25. The van der Waals surface area contributed by atoms with Gasteiger partial charge < -0.3 is 15.4 Å². The van der Waals surface area contributed by atoms with Gasteiger partial charge in [0.15, 0.2) is 4.34 Å². The number of thioether (sulfide) groups is 1. The molecule has 3 aromatic carbocycles. The molecule has 0 saturated heterocycles. The summed E-state index contributed by atoms with van der Waals surface area (Å²) in [6.07, 6.45) is 0. The monoisotopic (exact) mass is 494 g/mol. The number of nitrogens with zero attached hydrogens (tertiary/aromatic N) is 2. The first-order valence-corrected chi connectivity index (χ1v) is 12.2. The van der Waals surface area contributed by atoms with E-state index < -0.39 is 5.25 Å². The van der Waals surface area contributed by atoms with Crippen LogP contribution in [0.3, 0.4) is 0 Å². The van der Waals surface area contributed by atoms with Gasteiger partial charge in [-0.15, -0.1) is 10.2 Å². The Balaban J connectivity index is 1.49. The number of hydrogen-bond acceptors (Lipinski definition) is 7. The van der Waals surface area contributed by atoms with Crippen molar-refractivity contribution in [1.29, 1.82) is 0 Å². The zero-order chi connectivity index (χ0) is 23.9. The van der Waals surface area contributed by atoms with Gasteiger partial charge in [-0.2, -0.15) is 0 Å². The Hall–Kier alpha value is -3.43. The van der Waals surface area contributed by atoms with Crippen LogP contribution in [-0.4, -0.2) is 23.2 Å². The van der Waals surface area contributed by atoms with E-state index in [9.17, 15) is 9.18 Å². The van der Waals surface area contributed by atoms with Crippen LogP contribution in [0.15, 0.2) is 77.1 Å². The van der Waals surface area contributed by atoms with E-state index >= 15 is 0 Å². The largest absolute Gasteiger partial charge is 0.495 e. The molecule has 6 nitrogen and oxygen atoms in total. The molecule has 34 heavy (non-hydrogen) atoms. The molecule has 0 bridgehead atoms. The molecule has 1 atom stereocenters. The number of aryl methyl sites for hydroxylation is 1.